The smallest absolute Gasteiger partial charge is 0.220 e. The van der Waals surface area contributed by atoms with E-state index >= 15 is 0 Å². The Morgan fingerprint density at radius 2 is 1.83 bits per heavy atom. The first-order valence-corrected chi connectivity index (χ1v) is 16.7. The number of aliphatic hydroxyl groups excluding tert-OH is 5. The SMILES string of the molecule is Cc1cnc(SCCCC(=O)NCC(O)C(O)C(O)C(O)CO)nc1CNC1(c2cnccc2-c2ccccc2OC2CC2)CC1. The molecule has 2 aliphatic rings. The van der Waals surface area contributed by atoms with Crippen LogP contribution in [0.25, 0.3) is 11.1 Å². The van der Waals surface area contributed by atoms with Crippen LogP contribution in [0.4, 0.5) is 0 Å². The van der Waals surface area contributed by atoms with Gasteiger partial charge in [0.2, 0.25) is 5.91 Å². The van der Waals surface area contributed by atoms with Crippen LogP contribution in [0.1, 0.15) is 55.3 Å². The van der Waals surface area contributed by atoms with Crippen molar-refractivity contribution in [1.29, 1.82) is 0 Å². The number of carbonyl (C=O) groups is 1. The number of aryl methyl sites for hydroxylation is 1. The number of amides is 1. The van der Waals surface area contributed by atoms with Gasteiger partial charge in [-0.3, -0.25) is 9.78 Å². The van der Waals surface area contributed by atoms with Crippen molar-refractivity contribution in [2.45, 2.75) is 93.2 Å². The highest BCUT2D eigenvalue weighted by molar-refractivity contribution is 7.99. The van der Waals surface area contributed by atoms with E-state index in [1.165, 1.54) is 11.8 Å². The van der Waals surface area contributed by atoms with Crippen LogP contribution in [0.5, 0.6) is 5.75 Å². The maximum Gasteiger partial charge on any atom is 0.220 e. The van der Waals surface area contributed by atoms with Gasteiger partial charge in [-0.15, -0.1) is 0 Å². The fourth-order valence-electron chi connectivity index (χ4n) is 5.18. The number of carbonyl (C=O) groups excluding carboxylic acids is 1. The molecule has 2 saturated carbocycles. The Balaban J connectivity index is 1.12. The van der Waals surface area contributed by atoms with E-state index in [4.69, 9.17) is 14.8 Å². The van der Waals surface area contributed by atoms with E-state index in [1.807, 2.05) is 43.7 Å². The maximum absolute atomic E-state index is 12.2. The summed E-state index contributed by atoms with van der Waals surface area (Å²) in [5.74, 6) is 1.18. The number of para-hydroxylation sites is 1. The zero-order valence-corrected chi connectivity index (χ0v) is 26.7. The first-order valence-electron chi connectivity index (χ1n) is 15.7. The summed E-state index contributed by atoms with van der Waals surface area (Å²) in [5, 5.41) is 54.7. The number of rotatable bonds is 18. The Morgan fingerprint density at radius 1 is 1.07 bits per heavy atom. The molecule has 2 aromatic heterocycles. The van der Waals surface area contributed by atoms with Gasteiger partial charge in [-0.1, -0.05) is 30.0 Å². The van der Waals surface area contributed by atoms with E-state index in [1.54, 1.807) is 0 Å². The van der Waals surface area contributed by atoms with E-state index in [-0.39, 0.29) is 24.4 Å². The van der Waals surface area contributed by atoms with Crippen LogP contribution in [0, 0.1) is 6.92 Å². The molecule has 0 bridgehead atoms. The molecule has 3 aromatic rings. The van der Waals surface area contributed by atoms with Crippen LogP contribution in [0.3, 0.4) is 0 Å². The standard InChI is InChI=1S/C33H43N5O7S/c1-20-15-36-32(46-14-4-7-29(42)35-18-26(40)30(43)31(44)27(41)19-39)38-25(20)17-37-33(11-12-33)24-16-34-13-10-22(24)23-5-2-3-6-28(23)45-21-8-9-21/h2-3,5-6,10,13,15-16,21,26-27,30-31,37,39-41,43-44H,4,7-9,11-12,14,17-19H2,1H3,(H,35,42). The Bertz CT molecular complexity index is 1470. The van der Waals surface area contributed by atoms with Crippen molar-refractivity contribution < 1.29 is 35.1 Å². The fourth-order valence-corrected chi connectivity index (χ4v) is 5.96. The second kappa shape index (κ2) is 15.6. The first-order chi connectivity index (χ1) is 22.2. The van der Waals surface area contributed by atoms with Gasteiger partial charge in [0.15, 0.2) is 5.16 Å². The Kier molecular flexibility index (Phi) is 11.6. The van der Waals surface area contributed by atoms with Gasteiger partial charge in [-0.05, 0) is 67.9 Å². The summed E-state index contributed by atoms with van der Waals surface area (Å²) in [6.07, 6.45) is 4.25. The van der Waals surface area contributed by atoms with Crippen LogP contribution in [-0.2, 0) is 16.9 Å². The summed E-state index contributed by atoms with van der Waals surface area (Å²) in [4.78, 5) is 25.9. The van der Waals surface area contributed by atoms with Crippen molar-refractivity contribution in [3.05, 3.63) is 65.7 Å². The van der Waals surface area contributed by atoms with Crippen LogP contribution in [0.2, 0.25) is 0 Å². The van der Waals surface area contributed by atoms with E-state index in [0.717, 1.165) is 59.4 Å². The molecule has 7 N–H and O–H groups in total. The highest BCUT2D eigenvalue weighted by Crippen LogP contribution is 2.50. The van der Waals surface area contributed by atoms with Crippen molar-refractivity contribution in [1.82, 2.24) is 25.6 Å². The quantitative estimate of drug-likeness (QED) is 0.0597. The van der Waals surface area contributed by atoms with Crippen LogP contribution < -0.4 is 15.4 Å². The fraction of sp³-hybridized carbons (Fsp3) is 0.515. The summed E-state index contributed by atoms with van der Waals surface area (Å²) in [5.41, 5.74) is 5.05. The molecule has 1 amide bonds. The van der Waals surface area contributed by atoms with E-state index in [9.17, 15) is 25.2 Å². The number of ether oxygens (including phenoxy) is 1. The van der Waals surface area contributed by atoms with Gasteiger partial charge in [0.25, 0.3) is 0 Å². The number of benzene rings is 1. The van der Waals surface area contributed by atoms with Crippen LogP contribution >= 0.6 is 11.8 Å². The molecule has 0 aliphatic heterocycles. The average Bonchev–Trinajstić information content (AvgIpc) is 4.02. The number of aliphatic hydroxyl groups is 5. The second-order valence-electron chi connectivity index (χ2n) is 12.0. The molecule has 1 aromatic carbocycles. The van der Waals surface area contributed by atoms with Gasteiger partial charge in [0.1, 0.15) is 24.1 Å². The predicted molar refractivity (Wildman–Crippen MR) is 172 cm³/mol. The summed E-state index contributed by atoms with van der Waals surface area (Å²) in [6.45, 7) is 1.49. The molecule has 13 heteroatoms. The van der Waals surface area contributed by atoms with Crippen molar-refractivity contribution >= 4 is 17.7 Å². The molecule has 5 rings (SSSR count). The van der Waals surface area contributed by atoms with Crippen LogP contribution in [0.15, 0.2) is 54.1 Å². The molecule has 2 aliphatic carbocycles. The lowest BCUT2D eigenvalue weighted by Gasteiger charge is -2.25. The summed E-state index contributed by atoms with van der Waals surface area (Å²) < 4.78 is 6.23. The number of nitrogens with one attached hydrogen (secondary N) is 2. The van der Waals surface area contributed by atoms with Crippen LogP contribution in [-0.4, -0.2) is 95.8 Å². The average molecular weight is 654 g/mol. The molecule has 0 radical (unpaired) electrons. The van der Waals surface area contributed by atoms with E-state index in [2.05, 4.69) is 32.7 Å². The van der Waals surface area contributed by atoms with Gasteiger partial charge in [0.05, 0.1) is 24.5 Å². The molecule has 0 saturated heterocycles. The minimum atomic E-state index is -1.74. The minimum absolute atomic E-state index is 0.183. The molecule has 4 unspecified atom stereocenters. The van der Waals surface area contributed by atoms with Gasteiger partial charge in [0, 0.05) is 55.0 Å². The Labute approximate surface area is 272 Å². The van der Waals surface area contributed by atoms with E-state index < -0.39 is 31.0 Å². The lowest BCUT2D eigenvalue weighted by molar-refractivity contribution is -0.126. The molecule has 0 spiro atoms. The van der Waals surface area contributed by atoms with Gasteiger partial charge in [-0.2, -0.15) is 0 Å². The molecule has 248 valence electrons. The lowest BCUT2D eigenvalue weighted by Crippen LogP contribution is -2.49. The number of aromatic nitrogens is 3. The largest absolute Gasteiger partial charge is 0.490 e. The maximum atomic E-state index is 12.2. The third-order valence-corrected chi connectivity index (χ3v) is 9.29. The Morgan fingerprint density at radius 3 is 2.57 bits per heavy atom. The summed E-state index contributed by atoms with van der Waals surface area (Å²) >= 11 is 1.45. The van der Waals surface area contributed by atoms with Crippen molar-refractivity contribution in [2.75, 3.05) is 18.9 Å². The van der Waals surface area contributed by atoms with Crippen molar-refractivity contribution in [2.24, 2.45) is 0 Å². The number of thioether (sulfide) groups is 1. The molecule has 2 fully saturated rings. The summed E-state index contributed by atoms with van der Waals surface area (Å²) in [6, 6.07) is 10.3. The highest BCUT2D eigenvalue weighted by Gasteiger charge is 2.46. The normalized spacial score (nSPS) is 18.0. The zero-order chi connectivity index (χ0) is 32.7. The molecular formula is C33H43N5O7S. The Hall–Kier alpha value is -3.17. The molecule has 2 heterocycles. The first kappa shape index (κ1) is 34.2. The molecular weight excluding hydrogens is 610 g/mol. The van der Waals surface area contributed by atoms with Gasteiger partial charge in [-0.25, -0.2) is 9.97 Å². The van der Waals surface area contributed by atoms with E-state index in [0.29, 0.717) is 30.0 Å². The van der Waals surface area contributed by atoms with Gasteiger partial charge < -0.3 is 40.9 Å². The summed E-state index contributed by atoms with van der Waals surface area (Å²) in [7, 11) is 0. The zero-order valence-electron chi connectivity index (χ0n) is 25.9. The number of pyridine rings is 1. The third-order valence-electron chi connectivity index (χ3n) is 8.34. The van der Waals surface area contributed by atoms with Crippen molar-refractivity contribution in [3.8, 4) is 16.9 Å². The van der Waals surface area contributed by atoms with Crippen molar-refractivity contribution in [3.63, 3.8) is 0 Å². The third kappa shape index (κ3) is 8.79. The number of nitrogens with zero attached hydrogens (tertiary/aromatic N) is 3. The molecule has 12 nitrogen and oxygen atoms in total. The lowest BCUT2D eigenvalue weighted by atomic mass is 9.94. The highest BCUT2D eigenvalue weighted by atomic mass is 32.2. The molecule has 4 atom stereocenters. The topological polar surface area (TPSA) is 190 Å². The minimum Gasteiger partial charge on any atom is -0.490 e. The molecule has 46 heavy (non-hydrogen) atoms. The van der Waals surface area contributed by atoms with Gasteiger partial charge >= 0.3 is 0 Å². The monoisotopic (exact) mass is 653 g/mol. The predicted octanol–water partition coefficient (Wildman–Crippen LogP) is 1.59. The number of hydrogen-bond donors (Lipinski definition) is 7. The number of hydrogen-bond acceptors (Lipinski definition) is 12. The second-order valence-corrected chi connectivity index (χ2v) is 13.1.